The Morgan fingerprint density at radius 2 is 2.15 bits per heavy atom. The van der Waals surface area contributed by atoms with Crippen LogP contribution in [-0.4, -0.2) is 50.7 Å². The number of sulfonamides is 1. The lowest BCUT2D eigenvalue weighted by molar-refractivity contribution is -0.140. The Morgan fingerprint density at radius 1 is 1.45 bits per heavy atom. The standard InChI is InChI=1S/C13H26N2O4S/c1-3-11-6-7-15(12(9-11)10-14)20(17,18)8-4-5-13(16)19-2/h11-12H,3-10,14H2,1-2H3. The van der Waals surface area contributed by atoms with E-state index >= 15 is 0 Å². The van der Waals surface area contributed by atoms with Crippen LogP contribution in [0.25, 0.3) is 0 Å². The fraction of sp³-hybridized carbons (Fsp3) is 0.923. The Kier molecular flexibility index (Phi) is 6.91. The van der Waals surface area contributed by atoms with Crippen LogP contribution in [0.5, 0.6) is 0 Å². The van der Waals surface area contributed by atoms with Crippen molar-refractivity contribution in [3.8, 4) is 0 Å². The number of hydrogen-bond donors (Lipinski definition) is 1. The van der Waals surface area contributed by atoms with Gasteiger partial charge in [0.2, 0.25) is 10.0 Å². The fourth-order valence-corrected chi connectivity index (χ4v) is 4.44. The molecule has 20 heavy (non-hydrogen) atoms. The van der Waals surface area contributed by atoms with Gasteiger partial charge in [-0.15, -0.1) is 0 Å². The van der Waals surface area contributed by atoms with E-state index in [1.54, 1.807) is 0 Å². The highest BCUT2D eigenvalue weighted by Gasteiger charge is 2.34. The molecule has 1 fully saturated rings. The first-order valence-electron chi connectivity index (χ1n) is 7.21. The number of methoxy groups -OCH3 is 1. The average Bonchev–Trinajstić information content (AvgIpc) is 2.45. The lowest BCUT2D eigenvalue weighted by Crippen LogP contribution is -2.50. The molecule has 0 aromatic carbocycles. The summed E-state index contributed by atoms with van der Waals surface area (Å²) in [6, 6.07) is -0.100. The van der Waals surface area contributed by atoms with E-state index in [9.17, 15) is 13.2 Å². The molecule has 7 heteroatoms. The normalized spacial score (nSPS) is 24.6. The molecule has 0 spiro atoms. The first-order chi connectivity index (χ1) is 9.44. The van der Waals surface area contributed by atoms with Gasteiger partial charge < -0.3 is 10.5 Å². The van der Waals surface area contributed by atoms with Gasteiger partial charge in [0, 0.05) is 25.6 Å². The maximum atomic E-state index is 12.3. The van der Waals surface area contributed by atoms with Crippen molar-refractivity contribution < 1.29 is 17.9 Å². The molecule has 1 aliphatic rings. The number of ether oxygens (including phenoxy) is 1. The van der Waals surface area contributed by atoms with Crippen LogP contribution in [-0.2, 0) is 19.6 Å². The first kappa shape index (κ1) is 17.4. The number of nitrogens with zero attached hydrogens (tertiary/aromatic N) is 1. The van der Waals surface area contributed by atoms with Crippen LogP contribution in [0.1, 0.15) is 39.0 Å². The summed E-state index contributed by atoms with van der Waals surface area (Å²) in [5.74, 6) is 0.167. The predicted molar refractivity (Wildman–Crippen MR) is 77.6 cm³/mol. The van der Waals surface area contributed by atoms with Crippen molar-refractivity contribution in [2.45, 2.75) is 45.1 Å². The van der Waals surface area contributed by atoms with Crippen LogP contribution < -0.4 is 5.73 Å². The van der Waals surface area contributed by atoms with E-state index in [1.165, 1.54) is 11.4 Å². The highest BCUT2D eigenvalue weighted by molar-refractivity contribution is 7.89. The second kappa shape index (κ2) is 7.95. The number of nitrogens with two attached hydrogens (primary N) is 1. The van der Waals surface area contributed by atoms with Crippen LogP contribution in [0.15, 0.2) is 0 Å². The van der Waals surface area contributed by atoms with Gasteiger partial charge in [0.15, 0.2) is 0 Å². The van der Waals surface area contributed by atoms with Gasteiger partial charge in [-0.25, -0.2) is 8.42 Å². The third kappa shape index (κ3) is 4.71. The molecule has 1 saturated heterocycles. The van der Waals surface area contributed by atoms with Crippen molar-refractivity contribution in [2.75, 3.05) is 26.0 Å². The minimum Gasteiger partial charge on any atom is -0.469 e. The second-order valence-electron chi connectivity index (χ2n) is 5.29. The van der Waals surface area contributed by atoms with Gasteiger partial charge in [0.1, 0.15) is 0 Å². The maximum absolute atomic E-state index is 12.3. The van der Waals surface area contributed by atoms with Gasteiger partial charge in [0.05, 0.1) is 12.9 Å². The number of carbonyl (C=O) groups excluding carboxylic acids is 1. The minimum absolute atomic E-state index is 0.0185. The van der Waals surface area contributed by atoms with Crippen LogP contribution in [0.2, 0.25) is 0 Å². The summed E-state index contributed by atoms with van der Waals surface area (Å²) >= 11 is 0. The monoisotopic (exact) mass is 306 g/mol. The van der Waals surface area contributed by atoms with Crippen LogP contribution >= 0.6 is 0 Å². The van der Waals surface area contributed by atoms with Gasteiger partial charge in [-0.2, -0.15) is 4.31 Å². The SMILES string of the molecule is CCC1CCN(S(=O)(=O)CCCC(=O)OC)C(CN)C1. The zero-order valence-corrected chi connectivity index (χ0v) is 13.2. The number of hydrogen-bond acceptors (Lipinski definition) is 5. The minimum atomic E-state index is -3.33. The molecular weight excluding hydrogens is 280 g/mol. The summed E-state index contributed by atoms with van der Waals surface area (Å²) < 4.78 is 30.7. The molecule has 0 radical (unpaired) electrons. The lowest BCUT2D eigenvalue weighted by Gasteiger charge is -2.37. The summed E-state index contributed by atoms with van der Waals surface area (Å²) in [5.41, 5.74) is 5.73. The fourth-order valence-electron chi connectivity index (χ4n) is 2.68. The number of piperidine rings is 1. The smallest absolute Gasteiger partial charge is 0.305 e. The summed E-state index contributed by atoms with van der Waals surface area (Å²) in [6.07, 6.45) is 3.22. The van der Waals surface area contributed by atoms with E-state index in [1.807, 2.05) is 0 Å². The summed E-state index contributed by atoms with van der Waals surface area (Å²) in [4.78, 5) is 11.0. The van der Waals surface area contributed by atoms with Crippen molar-refractivity contribution in [3.63, 3.8) is 0 Å². The molecule has 118 valence electrons. The van der Waals surface area contributed by atoms with Crippen molar-refractivity contribution >= 4 is 16.0 Å². The molecule has 1 rings (SSSR count). The van der Waals surface area contributed by atoms with Crippen LogP contribution in [0, 0.1) is 5.92 Å². The molecule has 2 atom stereocenters. The average molecular weight is 306 g/mol. The molecule has 1 heterocycles. The molecule has 0 aliphatic carbocycles. The van der Waals surface area contributed by atoms with E-state index < -0.39 is 10.0 Å². The second-order valence-corrected chi connectivity index (χ2v) is 7.34. The topological polar surface area (TPSA) is 89.7 Å². The van der Waals surface area contributed by atoms with Gasteiger partial charge >= 0.3 is 5.97 Å². The van der Waals surface area contributed by atoms with Crippen molar-refractivity contribution in [1.29, 1.82) is 0 Å². The molecule has 6 nitrogen and oxygen atoms in total. The van der Waals surface area contributed by atoms with E-state index in [2.05, 4.69) is 11.7 Å². The number of carbonyl (C=O) groups is 1. The Labute approximate surface area is 121 Å². The number of esters is 1. The first-order valence-corrected chi connectivity index (χ1v) is 8.81. The van der Waals surface area contributed by atoms with Gasteiger partial charge in [-0.1, -0.05) is 13.3 Å². The van der Waals surface area contributed by atoms with Gasteiger partial charge in [-0.3, -0.25) is 4.79 Å². The van der Waals surface area contributed by atoms with E-state index in [-0.39, 0.29) is 24.2 Å². The molecule has 0 aromatic rings. The van der Waals surface area contributed by atoms with Crippen LogP contribution in [0.3, 0.4) is 0 Å². The zero-order valence-electron chi connectivity index (χ0n) is 12.4. The molecule has 2 unspecified atom stereocenters. The van der Waals surface area contributed by atoms with E-state index in [0.717, 1.165) is 19.3 Å². The zero-order chi connectivity index (χ0) is 15.2. The molecule has 1 aliphatic heterocycles. The lowest BCUT2D eigenvalue weighted by atomic mass is 9.90. The largest absolute Gasteiger partial charge is 0.469 e. The van der Waals surface area contributed by atoms with E-state index in [0.29, 0.717) is 25.4 Å². The van der Waals surface area contributed by atoms with Gasteiger partial charge in [0.25, 0.3) is 0 Å². The van der Waals surface area contributed by atoms with Crippen LogP contribution in [0.4, 0.5) is 0 Å². The molecule has 0 saturated carbocycles. The Bertz CT molecular complexity index is 411. The predicted octanol–water partition coefficient (Wildman–Crippen LogP) is 0.719. The quantitative estimate of drug-likeness (QED) is 0.700. The summed E-state index contributed by atoms with van der Waals surface area (Å²) in [6.45, 7) is 3.02. The molecule has 2 N–H and O–H groups in total. The van der Waals surface area contributed by atoms with Crippen molar-refractivity contribution in [2.24, 2.45) is 11.7 Å². The summed E-state index contributed by atoms with van der Waals surface area (Å²) in [5, 5.41) is 0. The molecule has 0 aromatic heterocycles. The Balaban J connectivity index is 2.59. The third-order valence-electron chi connectivity index (χ3n) is 3.99. The Morgan fingerprint density at radius 3 is 2.70 bits per heavy atom. The van der Waals surface area contributed by atoms with Crippen molar-refractivity contribution in [3.05, 3.63) is 0 Å². The van der Waals surface area contributed by atoms with Crippen molar-refractivity contribution in [1.82, 2.24) is 4.31 Å². The molecule has 0 bridgehead atoms. The van der Waals surface area contributed by atoms with E-state index in [4.69, 9.17) is 5.73 Å². The summed E-state index contributed by atoms with van der Waals surface area (Å²) in [7, 11) is -2.03. The molecular formula is C13H26N2O4S. The molecule has 0 amide bonds. The highest BCUT2D eigenvalue weighted by Crippen LogP contribution is 2.27. The highest BCUT2D eigenvalue weighted by atomic mass is 32.2. The third-order valence-corrected chi connectivity index (χ3v) is 5.99. The Hall–Kier alpha value is -0.660. The number of rotatable bonds is 7. The maximum Gasteiger partial charge on any atom is 0.305 e. The van der Waals surface area contributed by atoms with Gasteiger partial charge in [-0.05, 0) is 25.2 Å².